The molecular weight excluding hydrogens is 849 g/mol. The number of rotatable bonds is 19. The molecule has 0 bridgehead atoms. The number of carbonyl (C=O) groups is 2. The lowest BCUT2D eigenvalue weighted by molar-refractivity contribution is 0.0684. The van der Waals surface area contributed by atoms with Gasteiger partial charge < -0.3 is 28.8 Å². The fourth-order valence-electron chi connectivity index (χ4n) is 9.11. The molecule has 0 amide bonds. The number of benzene rings is 4. The average Bonchev–Trinajstić information content (AvgIpc) is 4.29. The second kappa shape index (κ2) is 21.2. The summed E-state index contributed by atoms with van der Waals surface area (Å²) in [5, 5.41) is 21.7. The van der Waals surface area contributed by atoms with E-state index in [0.29, 0.717) is 53.8 Å². The van der Waals surface area contributed by atoms with Gasteiger partial charge in [0.25, 0.3) is 0 Å². The molecule has 10 nitrogen and oxygen atoms in total. The van der Waals surface area contributed by atoms with Gasteiger partial charge in [0.15, 0.2) is 0 Å². The molecule has 4 aromatic heterocycles. The molecule has 346 valence electrons. The van der Waals surface area contributed by atoms with Gasteiger partial charge in [0.05, 0.1) is 29.1 Å². The van der Waals surface area contributed by atoms with Crippen molar-refractivity contribution in [1.29, 1.82) is 0 Å². The van der Waals surface area contributed by atoms with Crippen molar-refractivity contribution in [3.63, 3.8) is 0 Å². The summed E-state index contributed by atoms with van der Waals surface area (Å²) in [7, 11) is 3.43. The molecule has 2 aliphatic carbocycles. The molecular formula is C58H58N4O6. The third kappa shape index (κ3) is 11.5. The molecule has 2 fully saturated rings. The van der Waals surface area contributed by atoms with Crippen molar-refractivity contribution in [2.45, 2.75) is 76.3 Å². The molecule has 10 heteroatoms. The molecule has 4 heterocycles. The highest BCUT2D eigenvalue weighted by Crippen LogP contribution is 2.41. The van der Waals surface area contributed by atoms with Gasteiger partial charge in [-0.1, -0.05) is 66.7 Å². The van der Waals surface area contributed by atoms with Gasteiger partial charge in [-0.2, -0.15) is 0 Å². The van der Waals surface area contributed by atoms with Gasteiger partial charge in [0.2, 0.25) is 0 Å². The van der Waals surface area contributed by atoms with Crippen LogP contribution in [0.4, 0.5) is 0 Å². The van der Waals surface area contributed by atoms with E-state index in [-0.39, 0.29) is 0 Å². The van der Waals surface area contributed by atoms with E-state index in [0.717, 1.165) is 102 Å². The summed E-state index contributed by atoms with van der Waals surface area (Å²) < 4.78 is 14.8. The summed E-state index contributed by atoms with van der Waals surface area (Å²) in [6.07, 6.45) is 19.6. The highest BCUT2D eigenvalue weighted by molar-refractivity contribution is 5.90. The SMILES string of the molecule is COC/C=C/c1cccc(Cn2ccc3cc(Cc4ncc(C5CC5)cc4C(=O)O)ccc32)c1.COCCCc1cccc(Cn2ccc3cc(Cc4ncc(C5CC5)cc4C(=O)O)ccc32)c1. The molecule has 2 saturated carbocycles. The third-order valence-electron chi connectivity index (χ3n) is 13.0. The zero-order chi connectivity index (χ0) is 47.0. The number of aryl methyl sites for hydroxylation is 1. The maximum Gasteiger partial charge on any atom is 0.337 e. The number of aromatic nitrogens is 4. The predicted octanol–water partition coefficient (Wildman–Crippen LogP) is 11.7. The van der Waals surface area contributed by atoms with E-state index in [1.807, 2.05) is 30.6 Å². The van der Waals surface area contributed by atoms with Crippen LogP contribution in [0.3, 0.4) is 0 Å². The van der Waals surface area contributed by atoms with Crippen LogP contribution < -0.4 is 0 Å². The summed E-state index contributed by atoms with van der Waals surface area (Å²) in [4.78, 5) is 32.8. The lowest BCUT2D eigenvalue weighted by Gasteiger charge is -2.10. The fourth-order valence-corrected chi connectivity index (χ4v) is 9.11. The Morgan fingerprint density at radius 3 is 1.66 bits per heavy atom. The number of hydrogen-bond acceptors (Lipinski definition) is 6. The van der Waals surface area contributed by atoms with E-state index in [1.54, 1.807) is 14.2 Å². The zero-order valence-electron chi connectivity index (χ0n) is 38.8. The molecule has 0 unspecified atom stereocenters. The van der Waals surface area contributed by atoms with Crippen LogP contribution in [0.15, 0.2) is 140 Å². The third-order valence-corrected chi connectivity index (χ3v) is 13.0. The summed E-state index contributed by atoms with van der Waals surface area (Å²) in [5.41, 5.74) is 13.4. The van der Waals surface area contributed by atoms with Gasteiger partial charge in [-0.15, -0.1) is 0 Å². The molecule has 68 heavy (non-hydrogen) atoms. The van der Waals surface area contributed by atoms with Crippen LogP contribution in [0.2, 0.25) is 0 Å². The molecule has 2 N–H and O–H groups in total. The largest absolute Gasteiger partial charge is 0.478 e. The average molecular weight is 907 g/mol. The lowest BCUT2D eigenvalue weighted by Crippen LogP contribution is -2.07. The molecule has 0 aliphatic heterocycles. The topological polar surface area (TPSA) is 129 Å². The van der Waals surface area contributed by atoms with E-state index in [2.05, 4.69) is 135 Å². The van der Waals surface area contributed by atoms with Crippen molar-refractivity contribution < 1.29 is 29.3 Å². The number of pyridine rings is 2. The smallest absolute Gasteiger partial charge is 0.337 e. The normalized spacial score (nSPS) is 13.6. The number of nitrogens with zero attached hydrogens (tertiary/aromatic N) is 4. The Bertz CT molecular complexity index is 3100. The summed E-state index contributed by atoms with van der Waals surface area (Å²) in [6, 6.07) is 37.8. The zero-order valence-corrected chi connectivity index (χ0v) is 38.8. The summed E-state index contributed by atoms with van der Waals surface area (Å²) in [5.74, 6) is -0.835. The van der Waals surface area contributed by atoms with E-state index >= 15 is 0 Å². The van der Waals surface area contributed by atoms with Crippen LogP contribution in [0.1, 0.15) is 121 Å². The number of hydrogen-bond donors (Lipinski definition) is 2. The van der Waals surface area contributed by atoms with Crippen LogP contribution >= 0.6 is 0 Å². The van der Waals surface area contributed by atoms with Gasteiger partial charge in [0, 0.05) is 82.6 Å². The van der Waals surface area contributed by atoms with Crippen LogP contribution in [-0.4, -0.2) is 68.7 Å². The first-order valence-electron chi connectivity index (χ1n) is 23.6. The lowest BCUT2D eigenvalue weighted by atomic mass is 10.0. The minimum atomic E-state index is -0.906. The Hall–Kier alpha value is -7.14. The number of methoxy groups -OCH3 is 2. The second-order valence-electron chi connectivity index (χ2n) is 18.2. The Morgan fingerprint density at radius 2 is 1.15 bits per heavy atom. The Labute approximate surface area is 397 Å². The van der Waals surface area contributed by atoms with E-state index < -0.39 is 11.9 Å². The van der Waals surface area contributed by atoms with Crippen LogP contribution in [-0.2, 0) is 41.8 Å². The molecule has 8 aromatic rings. The fraction of sp³-hybridized carbons (Fsp3) is 0.276. The van der Waals surface area contributed by atoms with Crippen molar-refractivity contribution in [3.05, 3.63) is 207 Å². The van der Waals surface area contributed by atoms with Crippen molar-refractivity contribution in [1.82, 2.24) is 19.1 Å². The van der Waals surface area contributed by atoms with Gasteiger partial charge in [-0.05, 0) is 160 Å². The van der Waals surface area contributed by atoms with Gasteiger partial charge >= 0.3 is 11.9 Å². The second-order valence-corrected chi connectivity index (χ2v) is 18.2. The van der Waals surface area contributed by atoms with Crippen molar-refractivity contribution >= 4 is 39.8 Å². The molecule has 2 aliphatic rings. The standard InChI is InChI=1S/C29H30N2O3.C29H28N2O3/c2*1-34-13-3-6-20-4-2-5-22(14-20)19-31-12-11-24-15-21(7-10-28(24)31)16-27-26(29(32)33)17-25(18-30-27)23-8-9-23/h2,4-5,7,10-12,14-15,17-18,23H,3,6,8-9,13,16,19H2,1H3,(H,32,33);2-7,10-12,14-15,17-18,23H,8-9,13,16,19H2,1H3,(H,32,33)/b;6-3+. The molecule has 10 rings (SSSR count). The number of ether oxygens (including phenoxy) is 2. The highest BCUT2D eigenvalue weighted by atomic mass is 16.5. The van der Waals surface area contributed by atoms with Gasteiger partial charge in [-0.25, -0.2) is 9.59 Å². The number of carboxylic acid groups (broad SMARTS) is 2. The number of carboxylic acids is 2. The minimum absolute atomic E-state index is 0.321. The molecule has 0 saturated heterocycles. The quantitative estimate of drug-likeness (QED) is 0.0768. The van der Waals surface area contributed by atoms with Crippen molar-refractivity contribution in [2.75, 3.05) is 27.4 Å². The van der Waals surface area contributed by atoms with Crippen molar-refractivity contribution in [3.8, 4) is 0 Å². The van der Waals surface area contributed by atoms with E-state index in [1.165, 1.54) is 22.2 Å². The first kappa shape index (κ1) is 46.0. The van der Waals surface area contributed by atoms with E-state index in [9.17, 15) is 19.8 Å². The first-order chi connectivity index (χ1) is 33.2. The monoisotopic (exact) mass is 906 g/mol. The van der Waals surface area contributed by atoms with E-state index in [4.69, 9.17) is 9.47 Å². The Balaban J connectivity index is 0.000000170. The number of aromatic carboxylic acids is 2. The first-order valence-corrected chi connectivity index (χ1v) is 23.6. The Morgan fingerprint density at radius 1 is 0.618 bits per heavy atom. The minimum Gasteiger partial charge on any atom is -0.478 e. The molecule has 0 atom stereocenters. The van der Waals surface area contributed by atoms with Gasteiger partial charge in [-0.3, -0.25) is 9.97 Å². The highest BCUT2D eigenvalue weighted by Gasteiger charge is 2.27. The molecule has 4 aromatic carbocycles. The maximum absolute atomic E-state index is 11.8. The molecule has 0 radical (unpaired) electrons. The Kier molecular flexibility index (Phi) is 14.4. The van der Waals surface area contributed by atoms with Crippen LogP contribution in [0.5, 0.6) is 0 Å². The summed E-state index contributed by atoms with van der Waals surface area (Å²) >= 11 is 0. The van der Waals surface area contributed by atoms with Crippen LogP contribution in [0.25, 0.3) is 27.9 Å². The maximum atomic E-state index is 11.8. The number of fused-ring (bicyclic) bond motifs is 2. The van der Waals surface area contributed by atoms with Gasteiger partial charge in [0.1, 0.15) is 0 Å². The molecule has 0 spiro atoms. The van der Waals surface area contributed by atoms with Crippen molar-refractivity contribution in [2.24, 2.45) is 0 Å². The predicted molar refractivity (Wildman–Crippen MR) is 268 cm³/mol. The van der Waals surface area contributed by atoms with Crippen LogP contribution in [0, 0.1) is 0 Å². The summed E-state index contributed by atoms with van der Waals surface area (Å²) in [6.45, 7) is 2.97.